The van der Waals surface area contributed by atoms with Gasteiger partial charge in [0.15, 0.2) is 0 Å². The summed E-state index contributed by atoms with van der Waals surface area (Å²) >= 11 is 6.78. The summed E-state index contributed by atoms with van der Waals surface area (Å²) in [4.78, 5) is 27.3. The number of nitrogens with one attached hydrogen (secondary N) is 1. The van der Waals surface area contributed by atoms with Crippen molar-refractivity contribution in [1.82, 2.24) is 4.90 Å². The van der Waals surface area contributed by atoms with Gasteiger partial charge in [-0.3, -0.25) is 19.2 Å². The number of hydrogen-bond donors (Lipinski definition) is 1. The van der Waals surface area contributed by atoms with E-state index in [1.165, 1.54) is 35.6 Å². The van der Waals surface area contributed by atoms with E-state index in [1.54, 1.807) is 30.3 Å². The van der Waals surface area contributed by atoms with Crippen molar-refractivity contribution in [2.24, 2.45) is 5.41 Å². The Hall–Kier alpha value is -2.29. The molecule has 2 amide bonds. The maximum absolute atomic E-state index is 12.9. The fourth-order valence-corrected chi connectivity index (χ4v) is 6.23. The zero-order chi connectivity index (χ0) is 23.6. The summed E-state index contributed by atoms with van der Waals surface area (Å²) in [6, 6.07) is 12.5. The second kappa shape index (κ2) is 9.52. The molecule has 2 aromatic carbocycles. The van der Waals surface area contributed by atoms with Gasteiger partial charge >= 0.3 is 0 Å². The molecule has 1 saturated heterocycles. The molecule has 4 rings (SSSR count). The molecule has 1 aliphatic heterocycles. The normalized spacial score (nSPS) is 19.8. The Morgan fingerprint density at radius 1 is 1.03 bits per heavy atom. The molecule has 174 valence electrons. The lowest BCUT2D eigenvalue weighted by Gasteiger charge is -2.35. The van der Waals surface area contributed by atoms with Gasteiger partial charge in [-0.05, 0) is 78.1 Å². The average Bonchev–Trinajstić information content (AvgIpc) is 3.03. The van der Waals surface area contributed by atoms with Crippen LogP contribution in [0.25, 0.3) is 6.08 Å². The number of carbonyl (C=O) groups is 2. The minimum absolute atomic E-state index is 0.0114. The Labute approximate surface area is 203 Å². The first-order valence-corrected chi connectivity index (χ1v) is 13.5. The first-order chi connectivity index (χ1) is 15.7. The summed E-state index contributed by atoms with van der Waals surface area (Å²) in [5.41, 5.74) is 1.09. The first kappa shape index (κ1) is 23.9. The van der Waals surface area contributed by atoms with E-state index in [4.69, 9.17) is 11.6 Å². The molecular formula is C24H25ClN2O4S2. The van der Waals surface area contributed by atoms with E-state index in [0.29, 0.717) is 27.7 Å². The van der Waals surface area contributed by atoms with Gasteiger partial charge in [0.2, 0.25) is 0 Å². The zero-order valence-electron chi connectivity index (χ0n) is 18.2. The summed E-state index contributed by atoms with van der Waals surface area (Å²) in [6.07, 6.45) is 7.21. The largest absolute Gasteiger partial charge is 0.293 e. The lowest BCUT2D eigenvalue weighted by atomic mass is 9.75. The minimum Gasteiger partial charge on any atom is -0.280 e. The minimum atomic E-state index is -3.74. The van der Waals surface area contributed by atoms with Crippen LogP contribution in [0.2, 0.25) is 5.02 Å². The lowest BCUT2D eigenvalue weighted by molar-refractivity contribution is -0.124. The van der Waals surface area contributed by atoms with E-state index >= 15 is 0 Å². The van der Waals surface area contributed by atoms with E-state index in [9.17, 15) is 18.0 Å². The van der Waals surface area contributed by atoms with Gasteiger partial charge in [0.1, 0.15) is 0 Å². The van der Waals surface area contributed by atoms with Crippen LogP contribution in [0.15, 0.2) is 58.3 Å². The first-order valence-electron chi connectivity index (χ1n) is 10.8. The van der Waals surface area contributed by atoms with Crippen LogP contribution in [0.1, 0.15) is 44.6 Å². The number of thioether (sulfide) groups is 1. The van der Waals surface area contributed by atoms with E-state index in [1.807, 2.05) is 0 Å². The van der Waals surface area contributed by atoms with Gasteiger partial charge in [-0.15, -0.1) is 0 Å². The number of sulfonamides is 1. The topological polar surface area (TPSA) is 83.6 Å². The van der Waals surface area contributed by atoms with Crippen molar-refractivity contribution in [1.29, 1.82) is 0 Å². The molecule has 6 nitrogen and oxygen atoms in total. The van der Waals surface area contributed by atoms with Crippen LogP contribution < -0.4 is 4.72 Å². The number of nitrogens with zero attached hydrogens (tertiary/aromatic N) is 1. The lowest BCUT2D eigenvalue weighted by Crippen LogP contribution is -2.39. The molecule has 2 aliphatic rings. The Kier molecular flexibility index (Phi) is 6.88. The van der Waals surface area contributed by atoms with Crippen LogP contribution in [0.5, 0.6) is 0 Å². The number of benzene rings is 2. The maximum atomic E-state index is 12.9. The number of hydrogen-bond acceptors (Lipinski definition) is 5. The van der Waals surface area contributed by atoms with E-state index in [0.717, 1.165) is 37.4 Å². The summed E-state index contributed by atoms with van der Waals surface area (Å²) in [7, 11) is -3.74. The summed E-state index contributed by atoms with van der Waals surface area (Å²) in [5, 5.41) is 0.223. The van der Waals surface area contributed by atoms with Gasteiger partial charge in [-0.2, -0.15) is 0 Å². The SMILES string of the molecule is CC1(CN2C(=O)S/C(=C/c3ccc(NS(=O)(=O)c4ccc(Cl)cc4)cc3)C2=O)CCCCC1. The second-order valence-electron chi connectivity index (χ2n) is 8.82. The van der Waals surface area contributed by atoms with E-state index in [-0.39, 0.29) is 21.5 Å². The molecule has 1 aliphatic carbocycles. The van der Waals surface area contributed by atoms with Crippen LogP contribution in [0.4, 0.5) is 10.5 Å². The molecule has 0 spiro atoms. The van der Waals surface area contributed by atoms with Crippen LogP contribution >= 0.6 is 23.4 Å². The third kappa shape index (κ3) is 5.62. The van der Waals surface area contributed by atoms with Crippen LogP contribution in [0.3, 0.4) is 0 Å². The van der Waals surface area contributed by atoms with Gasteiger partial charge in [0.05, 0.1) is 9.80 Å². The summed E-state index contributed by atoms with van der Waals surface area (Å²) in [6.45, 7) is 2.61. The Bertz CT molecular complexity index is 1190. The fraction of sp³-hybridized carbons (Fsp3) is 0.333. The monoisotopic (exact) mass is 504 g/mol. The van der Waals surface area contributed by atoms with Gasteiger partial charge < -0.3 is 0 Å². The molecule has 0 unspecified atom stereocenters. The number of rotatable bonds is 6. The zero-order valence-corrected chi connectivity index (χ0v) is 20.6. The molecule has 2 aromatic rings. The van der Waals surface area contributed by atoms with Gasteiger partial charge in [-0.1, -0.05) is 49.9 Å². The molecule has 0 bridgehead atoms. The number of anilines is 1. The molecular weight excluding hydrogens is 480 g/mol. The van der Waals surface area contributed by atoms with Gasteiger partial charge in [0, 0.05) is 17.3 Å². The maximum Gasteiger partial charge on any atom is 0.293 e. The molecule has 9 heteroatoms. The molecule has 33 heavy (non-hydrogen) atoms. The highest BCUT2D eigenvalue weighted by Crippen LogP contribution is 2.40. The van der Waals surface area contributed by atoms with Crippen LogP contribution in [-0.4, -0.2) is 31.0 Å². The molecule has 0 atom stereocenters. The number of halogens is 1. The smallest absolute Gasteiger partial charge is 0.280 e. The molecule has 1 N–H and O–H groups in total. The van der Waals surface area contributed by atoms with Crippen molar-refractivity contribution in [2.75, 3.05) is 11.3 Å². The third-order valence-corrected chi connectivity index (χ3v) is 8.62. The van der Waals surface area contributed by atoms with Gasteiger partial charge in [-0.25, -0.2) is 8.42 Å². The molecule has 1 heterocycles. The van der Waals surface area contributed by atoms with Crippen LogP contribution in [0, 0.1) is 5.41 Å². The number of carbonyl (C=O) groups excluding carboxylic acids is 2. The van der Waals surface area contributed by atoms with Gasteiger partial charge in [0.25, 0.3) is 21.2 Å². The highest BCUT2D eigenvalue weighted by molar-refractivity contribution is 8.18. The van der Waals surface area contributed by atoms with Crippen molar-refractivity contribution in [3.8, 4) is 0 Å². The molecule has 2 fully saturated rings. The molecule has 1 saturated carbocycles. The highest BCUT2D eigenvalue weighted by atomic mass is 35.5. The van der Waals surface area contributed by atoms with E-state index in [2.05, 4.69) is 11.6 Å². The second-order valence-corrected chi connectivity index (χ2v) is 11.9. The number of imide groups is 1. The Balaban J connectivity index is 1.44. The van der Waals surface area contributed by atoms with Crippen molar-refractivity contribution < 1.29 is 18.0 Å². The standard InChI is InChI=1S/C24H25ClN2O4S2/c1-24(13-3-2-4-14-24)16-27-22(28)21(32-23(27)29)15-17-5-9-19(10-6-17)26-33(30,31)20-11-7-18(25)8-12-20/h5-12,15,26H,2-4,13-14,16H2,1H3/b21-15+. The molecule has 0 radical (unpaired) electrons. The number of amides is 2. The molecule has 0 aromatic heterocycles. The highest BCUT2D eigenvalue weighted by Gasteiger charge is 2.40. The quantitative estimate of drug-likeness (QED) is 0.477. The van der Waals surface area contributed by atoms with Crippen molar-refractivity contribution in [3.05, 3.63) is 64.0 Å². The third-order valence-electron chi connectivity index (χ3n) is 6.06. The Morgan fingerprint density at radius 2 is 1.67 bits per heavy atom. The van der Waals surface area contributed by atoms with Crippen molar-refractivity contribution >= 4 is 56.3 Å². The van der Waals surface area contributed by atoms with Crippen molar-refractivity contribution in [3.63, 3.8) is 0 Å². The van der Waals surface area contributed by atoms with Crippen molar-refractivity contribution in [2.45, 2.75) is 43.9 Å². The summed E-state index contributed by atoms with van der Waals surface area (Å²) < 4.78 is 27.6. The van der Waals surface area contributed by atoms with E-state index < -0.39 is 10.0 Å². The Morgan fingerprint density at radius 3 is 2.30 bits per heavy atom. The average molecular weight is 505 g/mol. The predicted octanol–water partition coefficient (Wildman–Crippen LogP) is 6.15. The predicted molar refractivity (Wildman–Crippen MR) is 133 cm³/mol. The fourth-order valence-electron chi connectivity index (χ4n) is 4.21. The van der Waals surface area contributed by atoms with Crippen LogP contribution in [-0.2, 0) is 14.8 Å². The summed E-state index contributed by atoms with van der Waals surface area (Å²) in [5.74, 6) is -0.260.